The van der Waals surface area contributed by atoms with Crippen LogP contribution in [0, 0.1) is 19.8 Å². The fourth-order valence-electron chi connectivity index (χ4n) is 3.09. The molecule has 2 aromatic rings. The van der Waals surface area contributed by atoms with Gasteiger partial charge in [-0.05, 0) is 49.9 Å². The second kappa shape index (κ2) is 7.20. The van der Waals surface area contributed by atoms with Gasteiger partial charge in [-0.2, -0.15) is 9.40 Å². The molecule has 8 heteroatoms. The molecule has 1 aromatic heterocycles. The predicted molar refractivity (Wildman–Crippen MR) is 99.2 cm³/mol. The summed E-state index contributed by atoms with van der Waals surface area (Å²) in [5, 5.41) is 6.93. The zero-order valence-electron chi connectivity index (χ0n) is 15.3. The van der Waals surface area contributed by atoms with E-state index >= 15 is 0 Å². The van der Waals surface area contributed by atoms with Gasteiger partial charge in [0.1, 0.15) is 0 Å². The average molecular weight is 376 g/mol. The van der Waals surface area contributed by atoms with Crippen molar-refractivity contribution in [2.24, 2.45) is 13.0 Å². The number of sulfonamides is 1. The van der Waals surface area contributed by atoms with Crippen molar-refractivity contribution < 1.29 is 13.2 Å². The molecule has 1 aromatic carbocycles. The number of benzene rings is 1. The first-order valence-electron chi connectivity index (χ1n) is 8.65. The van der Waals surface area contributed by atoms with Gasteiger partial charge in [0.05, 0.1) is 4.90 Å². The number of piperidine rings is 1. The quantitative estimate of drug-likeness (QED) is 0.885. The van der Waals surface area contributed by atoms with Gasteiger partial charge in [-0.1, -0.05) is 6.07 Å². The molecule has 1 amide bonds. The van der Waals surface area contributed by atoms with Crippen LogP contribution in [0.2, 0.25) is 0 Å². The van der Waals surface area contributed by atoms with E-state index in [2.05, 4.69) is 10.4 Å². The summed E-state index contributed by atoms with van der Waals surface area (Å²) >= 11 is 0. The molecule has 1 fully saturated rings. The van der Waals surface area contributed by atoms with Gasteiger partial charge in [0.15, 0.2) is 5.82 Å². The van der Waals surface area contributed by atoms with E-state index in [4.69, 9.17) is 0 Å². The Morgan fingerprint density at radius 1 is 1.15 bits per heavy atom. The topological polar surface area (TPSA) is 84.3 Å². The van der Waals surface area contributed by atoms with Crippen LogP contribution < -0.4 is 5.32 Å². The van der Waals surface area contributed by atoms with Crippen molar-refractivity contribution in [3.8, 4) is 0 Å². The first kappa shape index (κ1) is 18.6. The van der Waals surface area contributed by atoms with Crippen LogP contribution in [0.5, 0.6) is 0 Å². The zero-order chi connectivity index (χ0) is 18.9. The van der Waals surface area contributed by atoms with Crippen molar-refractivity contribution in [3.63, 3.8) is 0 Å². The number of nitrogens with zero attached hydrogens (tertiary/aromatic N) is 3. The minimum Gasteiger partial charge on any atom is -0.309 e. The van der Waals surface area contributed by atoms with Gasteiger partial charge < -0.3 is 5.32 Å². The van der Waals surface area contributed by atoms with Crippen molar-refractivity contribution in [1.82, 2.24) is 14.1 Å². The highest BCUT2D eigenvalue weighted by atomic mass is 32.2. The lowest BCUT2D eigenvalue weighted by Gasteiger charge is -2.30. The maximum absolute atomic E-state index is 12.8. The van der Waals surface area contributed by atoms with E-state index < -0.39 is 10.0 Å². The molecule has 26 heavy (non-hydrogen) atoms. The summed E-state index contributed by atoms with van der Waals surface area (Å²) in [6, 6.07) is 6.93. The first-order valence-corrected chi connectivity index (χ1v) is 10.1. The van der Waals surface area contributed by atoms with Gasteiger partial charge in [0.2, 0.25) is 15.9 Å². The van der Waals surface area contributed by atoms with Crippen LogP contribution in [-0.4, -0.2) is 41.5 Å². The van der Waals surface area contributed by atoms with E-state index in [0.29, 0.717) is 36.6 Å². The third-order valence-corrected chi connectivity index (χ3v) is 6.80. The van der Waals surface area contributed by atoms with Gasteiger partial charge in [0, 0.05) is 38.3 Å². The van der Waals surface area contributed by atoms with Crippen molar-refractivity contribution in [1.29, 1.82) is 0 Å². The van der Waals surface area contributed by atoms with Crippen molar-refractivity contribution in [2.45, 2.75) is 31.6 Å². The van der Waals surface area contributed by atoms with Crippen LogP contribution in [0.15, 0.2) is 35.4 Å². The Hall–Kier alpha value is -2.19. The maximum atomic E-state index is 12.8. The SMILES string of the molecule is Cc1ccc(S(=O)(=O)N2CCC(C(=O)Nc3ccn(C)n3)CC2)cc1C. The highest BCUT2D eigenvalue weighted by molar-refractivity contribution is 7.89. The number of carbonyl (C=O) groups is 1. The van der Waals surface area contributed by atoms with E-state index in [0.717, 1.165) is 11.1 Å². The lowest BCUT2D eigenvalue weighted by molar-refractivity contribution is -0.120. The number of nitrogens with one attached hydrogen (secondary N) is 1. The van der Waals surface area contributed by atoms with Gasteiger partial charge >= 0.3 is 0 Å². The smallest absolute Gasteiger partial charge is 0.243 e. The second-order valence-corrected chi connectivity index (χ2v) is 8.73. The molecule has 1 saturated heterocycles. The third-order valence-electron chi connectivity index (χ3n) is 4.91. The van der Waals surface area contributed by atoms with Crippen LogP contribution in [0.1, 0.15) is 24.0 Å². The fourth-order valence-corrected chi connectivity index (χ4v) is 4.65. The normalized spacial score (nSPS) is 16.6. The van der Waals surface area contributed by atoms with Crippen molar-refractivity contribution in [2.75, 3.05) is 18.4 Å². The minimum absolute atomic E-state index is 0.105. The molecule has 0 unspecified atom stereocenters. The van der Waals surface area contributed by atoms with E-state index in [9.17, 15) is 13.2 Å². The number of rotatable bonds is 4. The Kier molecular flexibility index (Phi) is 5.15. The fraction of sp³-hybridized carbons (Fsp3) is 0.444. The Labute approximate surface area is 154 Å². The Morgan fingerprint density at radius 2 is 1.85 bits per heavy atom. The molecule has 0 atom stereocenters. The number of hydrogen-bond donors (Lipinski definition) is 1. The number of carbonyl (C=O) groups excluding carboxylic acids is 1. The third kappa shape index (κ3) is 3.81. The minimum atomic E-state index is -3.52. The predicted octanol–water partition coefficient (Wildman–Crippen LogP) is 2.08. The standard InChI is InChI=1S/C18H24N4O3S/c1-13-4-5-16(12-14(13)2)26(24,25)22-10-6-15(7-11-22)18(23)19-17-8-9-21(3)20-17/h4-5,8-9,12,15H,6-7,10-11H2,1-3H3,(H,19,20,23). The van der Waals surface area contributed by atoms with Crippen LogP contribution in [0.4, 0.5) is 5.82 Å². The number of anilines is 1. The second-order valence-electron chi connectivity index (χ2n) is 6.79. The van der Waals surface area contributed by atoms with Crippen LogP contribution in [-0.2, 0) is 21.9 Å². The highest BCUT2D eigenvalue weighted by Gasteiger charge is 2.32. The summed E-state index contributed by atoms with van der Waals surface area (Å²) in [6.07, 6.45) is 2.76. The molecule has 7 nitrogen and oxygen atoms in total. The van der Waals surface area contributed by atoms with Crippen LogP contribution in [0.25, 0.3) is 0 Å². The Morgan fingerprint density at radius 3 is 2.42 bits per heavy atom. The zero-order valence-corrected chi connectivity index (χ0v) is 16.1. The summed E-state index contributed by atoms with van der Waals surface area (Å²) < 4.78 is 28.8. The average Bonchev–Trinajstić information content (AvgIpc) is 3.02. The molecule has 140 valence electrons. The molecule has 3 rings (SSSR count). The number of aromatic nitrogens is 2. The first-order chi connectivity index (χ1) is 12.3. The Bertz CT molecular complexity index is 912. The molecular formula is C18H24N4O3S. The van der Waals surface area contributed by atoms with Crippen LogP contribution >= 0.6 is 0 Å². The number of aryl methyl sites for hydroxylation is 3. The van der Waals surface area contributed by atoms with Gasteiger partial charge in [-0.25, -0.2) is 8.42 Å². The summed E-state index contributed by atoms with van der Waals surface area (Å²) in [5.41, 5.74) is 2.02. The van der Waals surface area contributed by atoms with Crippen LogP contribution in [0.3, 0.4) is 0 Å². The number of hydrogen-bond acceptors (Lipinski definition) is 4. The van der Waals surface area contributed by atoms with Gasteiger partial charge in [0.25, 0.3) is 0 Å². The van der Waals surface area contributed by atoms with E-state index in [1.165, 1.54) is 4.31 Å². The van der Waals surface area contributed by atoms with E-state index in [1.807, 2.05) is 19.9 Å². The highest BCUT2D eigenvalue weighted by Crippen LogP contribution is 2.25. The molecule has 0 spiro atoms. The summed E-state index contributed by atoms with van der Waals surface area (Å²) in [7, 11) is -1.74. The molecule has 0 bridgehead atoms. The van der Waals surface area contributed by atoms with E-state index in [-0.39, 0.29) is 11.8 Å². The van der Waals surface area contributed by atoms with Gasteiger partial charge in [-0.3, -0.25) is 9.48 Å². The molecule has 0 aliphatic carbocycles. The van der Waals surface area contributed by atoms with E-state index in [1.54, 1.807) is 36.1 Å². The van der Waals surface area contributed by atoms with Crippen molar-refractivity contribution in [3.05, 3.63) is 41.6 Å². The molecule has 1 aliphatic rings. The molecule has 0 radical (unpaired) electrons. The largest absolute Gasteiger partial charge is 0.309 e. The molecule has 0 saturated carbocycles. The Balaban J connectivity index is 1.63. The summed E-state index contributed by atoms with van der Waals surface area (Å²) in [5.74, 6) is 0.206. The van der Waals surface area contributed by atoms with Crippen molar-refractivity contribution >= 4 is 21.7 Å². The maximum Gasteiger partial charge on any atom is 0.243 e. The summed E-state index contributed by atoms with van der Waals surface area (Å²) in [4.78, 5) is 12.7. The lowest BCUT2D eigenvalue weighted by atomic mass is 9.97. The number of amides is 1. The molecule has 1 N–H and O–H groups in total. The van der Waals surface area contributed by atoms with Gasteiger partial charge in [-0.15, -0.1) is 0 Å². The summed E-state index contributed by atoms with van der Waals surface area (Å²) in [6.45, 7) is 4.55. The monoisotopic (exact) mass is 376 g/mol. The molecule has 2 heterocycles. The molecular weight excluding hydrogens is 352 g/mol. The molecule has 1 aliphatic heterocycles. The lowest BCUT2D eigenvalue weighted by Crippen LogP contribution is -2.41.